The molecule has 3 aromatic rings. The molecule has 2 heterocycles. The third kappa shape index (κ3) is 6.25. The van der Waals surface area contributed by atoms with E-state index in [0.717, 1.165) is 58.2 Å². The highest BCUT2D eigenvalue weighted by molar-refractivity contribution is 5.69. The lowest BCUT2D eigenvalue weighted by atomic mass is 10.0. The van der Waals surface area contributed by atoms with Gasteiger partial charge in [0.1, 0.15) is 18.2 Å². The van der Waals surface area contributed by atoms with Crippen molar-refractivity contribution in [3.63, 3.8) is 0 Å². The largest absolute Gasteiger partial charge is 0.497 e. The van der Waals surface area contributed by atoms with E-state index in [9.17, 15) is 4.79 Å². The summed E-state index contributed by atoms with van der Waals surface area (Å²) in [6, 6.07) is 15.6. The van der Waals surface area contributed by atoms with Crippen molar-refractivity contribution in [1.29, 1.82) is 0 Å². The van der Waals surface area contributed by atoms with E-state index < -0.39 is 0 Å². The molecular weight excluding hydrogens is 480 g/mol. The van der Waals surface area contributed by atoms with E-state index in [1.807, 2.05) is 55.5 Å². The van der Waals surface area contributed by atoms with Crippen molar-refractivity contribution >= 4 is 11.9 Å². The van der Waals surface area contributed by atoms with Crippen LogP contribution in [-0.4, -0.2) is 59.9 Å². The van der Waals surface area contributed by atoms with E-state index in [0.29, 0.717) is 19.7 Å². The normalized spacial score (nSPS) is 16.9. The first-order valence-corrected chi connectivity index (χ1v) is 13.4. The quantitative estimate of drug-likeness (QED) is 0.383. The van der Waals surface area contributed by atoms with Gasteiger partial charge in [0.05, 0.1) is 42.9 Å². The number of nitrogens with one attached hydrogen (secondary N) is 1. The van der Waals surface area contributed by atoms with Crippen molar-refractivity contribution in [2.75, 3.05) is 32.1 Å². The van der Waals surface area contributed by atoms with Crippen LogP contribution >= 0.6 is 0 Å². The lowest BCUT2D eigenvalue weighted by Gasteiger charge is -2.22. The molecule has 8 nitrogen and oxygen atoms in total. The Morgan fingerprint density at radius 1 is 1.03 bits per heavy atom. The molecule has 1 aromatic heterocycles. The maximum Gasteiger partial charge on any atom is 0.410 e. The van der Waals surface area contributed by atoms with Crippen LogP contribution in [0.4, 0.5) is 10.6 Å². The smallest absolute Gasteiger partial charge is 0.410 e. The molecule has 1 aliphatic rings. The van der Waals surface area contributed by atoms with Gasteiger partial charge in [-0.2, -0.15) is 0 Å². The molecule has 0 aliphatic carbocycles. The van der Waals surface area contributed by atoms with Crippen molar-refractivity contribution in [2.45, 2.75) is 59.3 Å². The minimum absolute atomic E-state index is 0.128. The molecular formula is C30H38N4O4. The van der Waals surface area contributed by atoms with Gasteiger partial charge in [-0.3, -0.25) is 0 Å². The summed E-state index contributed by atoms with van der Waals surface area (Å²) in [6.45, 7) is 9.91. The van der Waals surface area contributed by atoms with Crippen LogP contribution in [0.3, 0.4) is 0 Å². The zero-order valence-corrected chi connectivity index (χ0v) is 23.0. The highest BCUT2D eigenvalue weighted by Gasteiger charge is 2.37. The number of likely N-dealkylation sites (tertiary alicyclic amines) is 1. The van der Waals surface area contributed by atoms with Crippen LogP contribution in [0, 0.1) is 6.92 Å². The molecule has 1 aliphatic heterocycles. The molecule has 202 valence electrons. The third-order valence-electron chi connectivity index (χ3n) is 6.83. The number of aryl methyl sites for hydroxylation is 3. The summed E-state index contributed by atoms with van der Waals surface area (Å²) >= 11 is 0. The molecule has 38 heavy (non-hydrogen) atoms. The zero-order valence-electron chi connectivity index (χ0n) is 23.0. The second-order valence-electron chi connectivity index (χ2n) is 9.39. The molecule has 0 radical (unpaired) electrons. The summed E-state index contributed by atoms with van der Waals surface area (Å²) in [6.07, 6.45) is 0.939. The highest BCUT2D eigenvalue weighted by atomic mass is 16.6. The number of methoxy groups -OCH3 is 1. The number of ether oxygens (including phenoxy) is 3. The van der Waals surface area contributed by atoms with E-state index in [2.05, 4.69) is 26.1 Å². The van der Waals surface area contributed by atoms with Crippen LogP contribution in [0.25, 0.3) is 11.3 Å². The van der Waals surface area contributed by atoms with Gasteiger partial charge in [-0.1, -0.05) is 44.2 Å². The Labute approximate surface area is 225 Å². The molecule has 2 atom stereocenters. The van der Waals surface area contributed by atoms with Crippen LogP contribution < -0.4 is 10.1 Å². The first-order valence-electron chi connectivity index (χ1n) is 13.4. The topological polar surface area (TPSA) is 85.8 Å². The Balaban J connectivity index is 1.54. The summed E-state index contributed by atoms with van der Waals surface area (Å²) in [5, 5.41) is 3.57. The fourth-order valence-electron chi connectivity index (χ4n) is 4.79. The first kappa shape index (κ1) is 27.4. The number of hydrogen-bond donors (Lipinski definition) is 1. The molecule has 1 amide bonds. The number of rotatable bonds is 10. The first-order chi connectivity index (χ1) is 18.5. The molecule has 8 heteroatoms. The molecule has 0 unspecified atom stereocenters. The summed E-state index contributed by atoms with van der Waals surface area (Å²) in [5.74, 6) is 1.56. The van der Waals surface area contributed by atoms with Gasteiger partial charge < -0.3 is 24.4 Å². The van der Waals surface area contributed by atoms with Gasteiger partial charge in [-0.25, -0.2) is 14.8 Å². The fraction of sp³-hybridized carbons (Fsp3) is 0.433. The van der Waals surface area contributed by atoms with Crippen LogP contribution in [0.2, 0.25) is 0 Å². The average Bonchev–Trinajstić information content (AvgIpc) is 3.34. The minimum atomic E-state index is -0.343. The van der Waals surface area contributed by atoms with Gasteiger partial charge in [-0.05, 0) is 56.0 Å². The van der Waals surface area contributed by atoms with Crippen LogP contribution in [0.5, 0.6) is 5.75 Å². The average molecular weight is 519 g/mol. The Bertz CT molecular complexity index is 1230. The van der Waals surface area contributed by atoms with Crippen molar-refractivity contribution < 1.29 is 19.0 Å². The standard InChI is InChI=1S/C30H38N4O4/c1-6-24-28(23-15-14-22(36-5)16-20(23)4)31-25(7-2)29(32-24)33-26-17-34(18-27(26)37-8-3)30(35)38-19-21-12-10-9-11-13-21/h9-16,26-27H,6-8,17-19H2,1-5H3,(H,32,33)/t26-,27+/m1/s1. The third-order valence-corrected chi connectivity index (χ3v) is 6.83. The number of carbonyl (C=O) groups is 1. The van der Waals surface area contributed by atoms with Crippen LogP contribution in [-0.2, 0) is 28.9 Å². The van der Waals surface area contributed by atoms with Gasteiger partial charge in [0, 0.05) is 18.7 Å². The SMILES string of the molecule is CCO[C@H]1CN(C(=O)OCc2ccccc2)C[C@H]1Nc1nc(CC)c(-c2ccc(OC)cc2C)nc1CC. The number of nitrogens with zero attached hydrogens (tertiary/aromatic N) is 3. The predicted molar refractivity (Wildman–Crippen MR) is 149 cm³/mol. The predicted octanol–water partition coefficient (Wildman–Crippen LogP) is 5.42. The second kappa shape index (κ2) is 12.7. The molecule has 1 N–H and O–H groups in total. The maximum absolute atomic E-state index is 12.9. The lowest BCUT2D eigenvalue weighted by molar-refractivity contribution is 0.0580. The number of anilines is 1. The molecule has 4 rings (SSSR count). The molecule has 2 aromatic carbocycles. The van der Waals surface area contributed by atoms with Gasteiger partial charge in [-0.15, -0.1) is 0 Å². The molecule has 0 saturated carbocycles. The number of carbonyl (C=O) groups excluding carboxylic acids is 1. The number of benzene rings is 2. The van der Waals surface area contributed by atoms with Crippen molar-refractivity contribution in [3.8, 4) is 17.0 Å². The summed E-state index contributed by atoms with van der Waals surface area (Å²) in [4.78, 5) is 24.7. The van der Waals surface area contributed by atoms with Gasteiger partial charge in [0.15, 0.2) is 0 Å². The number of aromatic nitrogens is 2. The van der Waals surface area contributed by atoms with Gasteiger partial charge >= 0.3 is 6.09 Å². The van der Waals surface area contributed by atoms with Gasteiger partial charge in [0.25, 0.3) is 0 Å². The summed E-state index contributed by atoms with van der Waals surface area (Å²) in [5.41, 5.74) is 5.80. The molecule has 1 saturated heterocycles. The van der Waals surface area contributed by atoms with Crippen molar-refractivity contribution in [2.24, 2.45) is 0 Å². The number of amides is 1. The Hall–Kier alpha value is -3.65. The fourth-order valence-corrected chi connectivity index (χ4v) is 4.79. The van der Waals surface area contributed by atoms with Crippen molar-refractivity contribution in [3.05, 3.63) is 71.0 Å². The molecule has 0 bridgehead atoms. The second-order valence-corrected chi connectivity index (χ2v) is 9.39. The molecule has 0 spiro atoms. The van der Waals surface area contributed by atoms with Crippen molar-refractivity contribution in [1.82, 2.24) is 14.9 Å². The summed E-state index contributed by atoms with van der Waals surface area (Å²) < 4.78 is 17.0. The monoisotopic (exact) mass is 518 g/mol. The number of hydrogen-bond acceptors (Lipinski definition) is 7. The van der Waals surface area contributed by atoms with Crippen LogP contribution in [0.1, 0.15) is 43.3 Å². The Kier molecular flexibility index (Phi) is 9.18. The minimum Gasteiger partial charge on any atom is -0.497 e. The lowest BCUT2D eigenvalue weighted by Crippen LogP contribution is -2.35. The van der Waals surface area contributed by atoms with E-state index in [-0.39, 0.29) is 24.8 Å². The van der Waals surface area contributed by atoms with E-state index >= 15 is 0 Å². The van der Waals surface area contributed by atoms with Crippen LogP contribution in [0.15, 0.2) is 48.5 Å². The summed E-state index contributed by atoms with van der Waals surface area (Å²) in [7, 11) is 1.67. The Morgan fingerprint density at radius 3 is 2.45 bits per heavy atom. The maximum atomic E-state index is 12.9. The molecule has 1 fully saturated rings. The van der Waals surface area contributed by atoms with E-state index in [4.69, 9.17) is 24.2 Å². The van der Waals surface area contributed by atoms with E-state index in [1.165, 1.54) is 0 Å². The Morgan fingerprint density at radius 2 is 1.79 bits per heavy atom. The zero-order chi connectivity index (χ0) is 27.1. The van der Waals surface area contributed by atoms with E-state index in [1.54, 1.807) is 12.0 Å². The highest BCUT2D eigenvalue weighted by Crippen LogP contribution is 2.30. The van der Waals surface area contributed by atoms with Gasteiger partial charge in [0.2, 0.25) is 0 Å².